The summed E-state index contributed by atoms with van der Waals surface area (Å²) in [6.07, 6.45) is 1.44. The first-order valence-corrected chi connectivity index (χ1v) is 14.8. The first kappa shape index (κ1) is 30.8. The maximum atomic E-state index is 14.0. The second-order valence-corrected chi connectivity index (χ2v) is 11.4. The monoisotopic (exact) mass is 637 g/mol. The van der Waals surface area contributed by atoms with E-state index in [1.165, 1.54) is 36.0 Å². The normalized spacial score (nSPS) is 14.8. The van der Waals surface area contributed by atoms with Crippen LogP contribution in [0.5, 0.6) is 11.5 Å². The van der Waals surface area contributed by atoms with Crippen molar-refractivity contribution in [1.29, 1.82) is 0 Å². The lowest BCUT2D eigenvalue weighted by Crippen LogP contribution is -2.40. The highest BCUT2D eigenvalue weighted by molar-refractivity contribution is 7.07. The summed E-state index contributed by atoms with van der Waals surface area (Å²) in [5, 5.41) is 11.8. The fourth-order valence-electron chi connectivity index (χ4n) is 4.88. The number of halogens is 1. The number of aromatic nitrogens is 1. The lowest BCUT2D eigenvalue weighted by molar-refractivity contribution is -0.384. The molecular weight excluding hydrogens is 610 g/mol. The Kier molecular flexibility index (Phi) is 8.75. The van der Waals surface area contributed by atoms with E-state index in [1.54, 1.807) is 44.2 Å². The highest BCUT2D eigenvalue weighted by atomic mass is 35.5. The number of hydrogen-bond donors (Lipinski definition) is 0. The Morgan fingerprint density at radius 2 is 1.98 bits per heavy atom. The predicted molar refractivity (Wildman–Crippen MR) is 165 cm³/mol. The molecule has 0 spiro atoms. The van der Waals surface area contributed by atoms with Crippen molar-refractivity contribution in [2.45, 2.75) is 39.8 Å². The third kappa shape index (κ3) is 5.90. The molecule has 2 aromatic carbocycles. The lowest BCUT2D eigenvalue weighted by atomic mass is 9.95. The molecular formula is C31H28ClN3O8S. The van der Waals surface area contributed by atoms with Gasteiger partial charge in [-0.3, -0.25) is 19.5 Å². The molecule has 228 valence electrons. The van der Waals surface area contributed by atoms with Crippen molar-refractivity contribution in [3.05, 3.63) is 106 Å². The van der Waals surface area contributed by atoms with Crippen LogP contribution in [0.15, 0.2) is 74.0 Å². The Hall–Kier alpha value is -4.68. The summed E-state index contributed by atoms with van der Waals surface area (Å²) in [5.41, 5.74) is 0.857. The molecule has 1 atom stereocenters. The van der Waals surface area contributed by atoms with Crippen LogP contribution in [0.3, 0.4) is 0 Å². The molecule has 11 nitrogen and oxygen atoms in total. The van der Waals surface area contributed by atoms with Gasteiger partial charge in [-0.05, 0) is 69.7 Å². The first-order chi connectivity index (χ1) is 21.0. The fourth-order valence-corrected chi connectivity index (χ4v) is 6.07. The summed E-state index contributed by atoms with van der Waals surface area (Å²) < 4.78 is 24.4. The maximum Gasteiger partial charge on any atom is 0.338 e. The number of benzene rings is 2. The number of fused-ring (bicyclic) bond motifs is 1. The first-order valence-electron chi connectivity index (χ1n) is 13.6. The number of esters is 1. The molecule has 44 heavy (non-hydrogen) atoms. The molecule has 0 aliphatic carbocycles. The Balaban J connectivity index is 1.64. The van der Waals surface area contributed by atoms with Gasteiger partial charge in [0.15, 0.2) is 16.3 Å². The van der Waals surface area contributed by atoms with E-state index < -0.39 is 22.5 Å². The van der Waals surface area contributed by atoms with Gasteiger partial charge in [0.05, 0.1) is 52.2 Å². The minimum absolute atomic E-state index is 0.0994. The molecule has 3 heterocycles. The molecule has 0 saturated carbocycles. The predicted octanol–water partition coefficient (Wildman–Crippen LogP) is 5.42. The van der Waals surface area contributed by atoms with Gasteiger partial charge in [-0.1, -0.05) is 29.0 Å². The van der Waals surface area contributed by atoms with Gasteiger partial charge in [-0.2, -0.15) is 0 Å². The average Bonchev–Trinajstić information content (AvgIpc) is 3.56. The third-order valence-electron chi connectivity index (χ3n) is 6.71. The van der Waals surface area contributed by atoms with E-state index in [0.29, 0.717) is 33.3 Å². The van der Waals surface area contributed by atoms with Gasteiger partial charge in [0.25, 0.3) is 11.2 Å². The van der Waals surface area contributed by atoms with Crippen molar-refractivity contribution < 1.29 is 28.3 Å². The van der Waals surface area contributed by atoms with Crippen LogP contribution < -0.4 is 24.4 Å². The Labute approximate surface area is 260 Å². The minimum atomic E-state index is -0.863. The van der Waals surface area contributed by atoms with Crippen molar-refractivity contribution in [3.63, 3.8) is 0 Å². The molecule has 2 aromatic heterocycles. The van der Waals surface area contributed by atoms with E-state index >= 15 is 0 Å². The SMILES string of the molecule is CCOC(=O)C1=C(C)N=c2s/c(=C/c3ccc(-c4ccc(Cl)cc4[N+](=O)[O-])o3)c(=O)n2[C@H]1c1ccc(OC(C)C)c(OC)c1. The van der Waals surface area contributed by atoms with Gasteiger partial charge < -0.3 is 18.6 Å². The smallest absolute Gasteiger partial charge is 0.338 e. The van der Waals surface area contributed by atoms with E-state index in [2.05, 4.69) is 4.99 Å². The van der Waals surface area contributed by atoms with Crippen molar-refractivity contribution in [3.8, 4) is 22.8 Å². The van der Waals surface area contributed by atoms with Crippen molar-refractivity contribution >= 4 is 40.7 Å². The maximum absolute atomic E-state index is 14.0. The molecule has 5 rings (SSSR count). The fraction of sp³-hybridized carbons (Fsp3) is 0.258. The summed E-state index contributed by atoms with van der Waals surface area (Å²) in [7, 11) is 1.52. The molecule has 0 amide bonds. The third-order valence-corrected chi connectivity index (χ3v) is 7.92. The van der Waals surface area contributed by atoms with Gasteiger partial charge in [0, 0.05) is 17.2 Å². The van der Waals surface area contributed by atoms with E-state index in [0.717, 1.165) is 11.3 Å². The molecule has 0 fully saturated rings. The second-order valence-electron chi connectivity index (χ2n) is 10.00. The van der Waals surface area contributed by atoms with Crippen LogP contribution in [-0.2, 0) is 9.53 Å². The Morgan fingerprint density at radius 1 is 1.20 bits per heavy atom. The number of thiazole rings is 1. The molecule has 0 unspecified atom stereocenters. The van der Waals surface area contributed by atoms with Crippen LogP contribution in [0.2, 0.25) is 5.02 Å². The van der Waals surface area contributed by atoms with Crippen LogP contribution in [0.25, 0.3) is 17.4 Å². The second kappa shape index (κ2) is 12.5. The quantitative estimate of drug-likeness (QED) is 0.135. The topological polar surface area (TPSA) is 135 Å². The lowest BCUT2D eigenvalue weighted by Gasteiger charge is -2.25. The summed E-state index contributed by atoms with van der Waals surface area (Å²) in [5.74, 6) is 0.905. The number of ether oxygens (including phenoxy) is 3. The van der Waals surface area contributed by atoms with E-state index in [4.69, 9.17) is 30.2 Å². The molecule has 0 saturated heterocycles. The zero-order valence-corrected chi connectivity index (χ0v) is 26.0. The molecule has 1 aliphatic rings. The summed E-state index contributed by atoms with van der Waals surface area (Å²) in [4.78, 5) is 43.2. The van der Waals surface area contributed by atoms with Gasteiger partial charge >= 0.3 is 5.97 Å². The van der Waals surface area contributed by atoms with Crippen LogP contribution in [0.4, 0.5) is 5.69 Å². The van der Waals surface area contributed by atoms with Gasteiger partial charge in [0.1, 0.15) is 11.5 Å². The van der Waals surface area contributed by atoms with E-state index in [-0.39, 0.29) is 44.9 Å². The van der Waals surface area contributed by atoms with Crippen molar-refractivity contribution in [1.82, 2.24) is 4.57 Å². The minimum Gasteiger partial charge on any atom is -0.493 e. The molecule has 0 radical (unpaired) electrons. The standard InChI is InChI=1S/C31H28ClN3O8S/c1-6-41-30(37)27-17(4)33-31-34(28(27)18-7-11-24(42-16(2)3)25(13-18)40-5)29(36)26(44-31)15-20-9-12-23(43-20)21-10-8-19(32)14-22(21)35(38)39/h7-16,28H,6H2,1-5H3/b26-15+/t28-/m0/s1. The largest absolute Gasteiger partial charge is 0.493 e. The molecule has 0 N–H and O–H groups in total. The number of nitro benzene ring substituents is 1. The Bertz CT molecular complexity index is 1990. The number of nitro groups is 1. The highest BCUT2D eigenvalue weighted by Crippen LogP contribution is 2.37. The van der Waals surface area contributed by atoms with Crippen LogP contribution in [0, 0.1) is 10.1 Å². The molecule has 0 bridgehead atoms. The van der Waals surface area contributed by atoms with Crippen LogP contribution in [0.1, 0.15) is 45.1 Å². The number of nitrogens with zero attached hydrogens (tertiary/aromatic N) is 3. The number of furan rings is 1. The van der Waals surface area contributed by atoms with Crippen LogP contribution in [-0.4, -0.2) is 35.3 Å². The van der Waals surface area contributed by atoms with Crippen LogP contribution >= 0.6 is 22.9 Å². The van der Waals surface area contributed by atoms with Gasteiger partial charge in [-0.25, -0.2) is 9.79 Å². The molecule has 1 aliphatic heterocycles. The zero-order chi connectivity index (χ0) is 31.7. The number of hydrogen-bond acceptors (Lipinski definition) is 10. The summed E-state index contributed by atoms with van der Waals surface area (Å²) >= 11 is 7.08. The highest BCUT2D eigenvalue weighted by Gasteiger charge is 2.34. The number of carbonyl (C=O) groups is 1. The number of allylic oxidation sites excluding steroid dienone is 1. The zero-order valence-electron chi connectivity index (χ0n) is 24.5. The van der Waals surface area contributed by atoms with E-state index in [1.807, 2.05) is 13.8 Å². The number of carbonyl (C=O) groups excluding carboxylic acids is 1. The number of methoxy groups -OCH3 is 1. The van der Waals surface area contributed by atoms with E-state index in [9.17, 15) is 19.7 Å². The summed E-state index contributed by atoms with van der Waals surface area (Å²) in [6, 6.07) is 11.9. The van der Waals surface area contributed by atoms with Crippen molar-refractivity contribution in [2.24, 2.45) is 4.99 Å². The van der Waals surface area contributed by atoms with Gasteiger partial charge in [-0.15, -0.1) is 0 Å². The average molecular weight is 638 g/mol. The van der Waals surface area contributed by atoms with Gasteiger partial charge in [0.2, 0.25) is 0 Å². The summed E-state index contributed by atoms with van der Waals surface area (Å²) in [6.45, 7) is 7.34. The van der Waals surface area contributed by atoms with Crippen molar-refractivity contribution in [2.75, 3.05) is 13.7 Å². The molecule has 13 heteroatoms. The molecule has 4 aromatic rings. The Morgan fingerprint density at radius 3 is 2.66 bits per heavy atom. The number of rotatable bonds is 9.